The zero-order valence-electron chi connectivity index (χ0n) is 18.0. The minimum absolute atomic E-state index is 0.251. The molecule has 7 heteroatoms. The van der Waals surface area contributed by atoms with E-state index in [1.807, 2.05) is 61.5 Å². The number of hydrogen-bond acceptors (Lipinski definition) is 6. The van der Waals surface area contributed by atoms with Crippen molar-refractivity contribution in [1.29, 1.82) is 0 Å². The minimum Gasteiger partial charge on any atom is -0.461 e. The summed E-state index contributed by atoms with van der Waals surface area (Å²) >= 11 is 0. The van der Waals surface area contributed by atoms with Gasteiger partial charge in [-0.25, -0.2) is 14.5 Å². The molecule has 4 aromatic rings. The summed E-state index contributed by atoms with van der Waals surface area (Å²) in [5.74, 6) is -0.458. The number of esters is 1. The maximum Gasteiger partial charge on any atom is 0.357 e. The lowest BCUT2D eigenvalue weighted by Crippen LogP contribution is -2.50. The third-order valence-electron chi connectivity index (χ3n) is 5.70. The van der Waals surface area contributed by atoms with Gasteiger partial charge in [0.1, 0.15) is 0 Å². The van der Waals surface area contributed by atoms with E-state index in [2.05, 4.69) is 9.88 Å². The van der Waals surface area contributed by atoms with E-state index in [4.69, 9.17) is 9.84 Å². The number of para-hydroxylation sites is 1. The van der Waals surface area contributed by atoms with Crippen molar-refractivity contribution in [3.8, 4) is 16.8 Å². The smallest absolute Gasteiger partial charge is 0.357 e. The fraction of sp³-hybridized carbons (Fsp3) is 0.240. The van der Waals surface area contributed by atoms with Crippen LogP contribution in [-0.4, -0.2) is 51.6 Å². The van der Waals surface area contributed by atoms with Gasteiger partial charge < -0.3 is 14.7 Å². The lowest BCUT2D eigenvalue weighted by atomic mass is 10.00. The van der Waals surface area contributed by atoms with Crippen LogP contribution in [0.15, 0.2) is 60.7 Å². The second kappa shape index (κ2) is 8.09. The lowest BCUT2D eigenvalue weighted by Gasteiger charge is -2.37. The number of fused-ring (bicyclic) bond motifs is 1. The molecular formula is C25H24N4O3. The maximum absolute atomic E-state index is 12.6. The van der Waals surface area contributed by atoms with Crippen molar-refractivity contribution in [3.05, 3.63) is 72.1 Å². The fourth-order valence-corrected chi connectivity index (χ4v) is 4.09. The Morgan fingerprint density at radius 2 is 1.81 bits per heavy atom. The molecule has 2 aromatic carbocycles. The molecule has 2 aromatic heterocycles. The number of aliphatic hydroxyl groups excluding tert-OH is 1. The van der Waals surface area contributed by atoms with Gasteiger partial charge >= 0.3 is 5.97 Å². The second-order valence-corrected chi connectivity index (χ2v) is 7.91. The number of aryl methyl sites for hydroxylation is 1. The summed E-state index contributed by atoms with van der Waals surface area (Å²) in [7, 11) is 0. The van der Waals surface area contributed by atoms with Gasteiger partial charge in [-0.05, 0) is 55.3 Å². The molecule has 7 nitrogen and oxygen atoms in total. The van der Waals surface area contributed by atoms with Crippen molar-refractivity contribution in [2.45, 2.75) is 20.0 Å². The van der Waals surface area contributed by atoms with Crippen LogP contribution < -0.4 is 4.90 Å². The molecule has 0 unspecified atom stereocenters. The van der Waals surface area contributed by atoms with Crippen molar-refractivity contribution >= 4 is 22.7 Å². The molecule has 5 rings (SSSR count). The molecule has 3 heterocycles. The summed E-state index contributed by atoms with van der Waals surface area (Å²) in [4.78, 5) is 19.4. The predicted molar refractivity (Wildman–Crippen MR) is 123 cm³/mol. The van der Waals surface area contributed by atoms with Gasteiger partial charge in [-0.15, -0.1) is 0 Å². The first-order chi connectivity index (χ1) is 15.5. The number of ether oxygens (including phenoxy) is 1. The molecular weight excluding hydrogens is 404 g/mol. The van der Waals surface area contributed by atoms with Crippen LogP contribution in [-0.2, 0) is 4.74 Å². The standard InChI is InChI=1S/C25H24N4O3/c1-3-32-25(31)22-13-21(17-9-11-18(12-10-17)28-14-20(30)15-28)23-16(2)27-29(24(23)26-22)19-7-5-4-6-8-19/h4-13,20,30H,3,14-15H2,1-2H3. The Kier molecular flexibility index (Phi) is 5.11. The fourth-order valence-electron chi connectivity index (χ4n) is 4.09. The number of aromatic nitrogens is 3. The Balaban J connectivity index is 1.67. The largest absolute Gasteiger partial charge is 0.461 e. The number of carbonyl (C=O) groups is 1. The topological polar surface area (TPSA) is 80.5 Å². The molecule has 1 saturated heterocycles. The summed E-state index contributed by atoms with van der Waals surface area (Å²) in [5.41, 5.74) is 5.47. The third kappa shape index (κ3) is 3.50. The molecule has 0 atom stereocenters. The molecule has 0 bridgehead atoms. The average molecular weight is 428 g/mol. The number of nitrogens with zero attached hydrogens (tertiary/aromatic N) is 4. The van der Waals surface area contributed by atoms with Gasteiger partial charge in [0.05, 0.1) is 29.5 Å². The number of rotatable bonds is 5. The quantitative estimate of drug-likeness (QED) is 0.488. The van der Waals surface area contributed by atoms with Gasteiger partial charge in [-0.1, -0.05) is 30.3 Å². The summed E-state index contributed by atoms with van der Waals surface area (Å²) in [5, 5.41) is 15.2. The van der Waals surface area contributed by atoms with E-state index in [0.29, 0.717) is 18.7 Å². The molecule has 32 heavy (non-hydrogen) atoms. The maximum atomic E-state index is 12.6. The Labute approximate surface area is 185 Å². The van der Waals surface area contributed by atoms with E-state index >= 15 is 0 Å². The highest BCUT2D eigenvalue weighted by Gasteiger charge is 2.25. The van der Waals surface area contributed by atoms with Crippen molar-refractivity contribution in [2.75, 3.05) is 24.6 Å². The first-order valence-corrected chi connectivity index (χ1v) is 10.7. The van der Waals surface area contributed by atoms with Crippen LogP contribution in [0.3, 0.4) is 0 Å². The van der Waals surface area contributed by atoms with Crippen LogP contribution in [0, 0.1) is 6.92 Å². The highest BCUT2D eigenvalue weighted by Crippen LogP contribution is 2.34. The monoisotopic (exact) mass is 428 g/mol. The molecule has 1 aliphatic rings. The molecule has 1 fully saturated rings. The zero-order valence-corrected chi connectivity index (χ0v) is 18.0. The van der Waals surface area contributed by atoms with Crippen LogP contribution in [0.4, 0.5) is 5.69 Å². The SMILES string of the molecule is CCOC(=O)c1cc(-c2ccc(N3CC(O)C3)cc2)c2c(C)nn(-c3ccccc3)c2n1. The van der Waals surface area contributed by atoms with Crippen LogP contribution >= 0.6 is 0 Å². The van der Waals surface area contributed by atoms with Crippen LogP contribution in [0.1, 0.15) is 23.1 Å². The minimum atomic E-state index is -0.458. The van der Waals surface area contributed by atoms with E-state index in [1.165, 1.54) is 0 Å². The number of benzene rings is 2. The van der Waals surface area contributed by atoms with Crippen LogP contribution in [0.25, 0.3) is 27.8 Å². The molecule has 0 spiro atoms. The van der Waals surface area contributed by atoms with E-state index in [9.17, 15) is 9.90 Å². The third-order valence-corrected chi connectivity index (χ3v) is 5.70. The molecule has 0 saturated carbocycles. The molecule has 1 aliphatic heterocycles. The Hall–Kier alpha value is -3.71. The number of anilines is 1. The van der Waals surface area contributed by atoms with E-state index in [-0.39, 0.29) is 18.4 Å². The first kappa shape index (κ1) is 20.2. The van der Waals surface area contributed by atoms with Crippen molar-refractivity contribution in [2.24, 2.45) is 0 Å². The lowest BCUT2D eigenvalue weighted by molar-refractivity contribution is 0.0520. The van der Waals surface area contributed by atoms with Crippen molar-refractivity contribution in [3.63, 3.8) is 0 Å². The molecule has 1 N–H and O–H groups in total. The summed E-state index contributed by atoms with van der Waals surface area (Å²) in [6.45, 7) is 5.30. The number of pyridine rings is 1. The highest BCUT2D eigenvalue weighted by atomic mass is 16.5. The van der Waals surface area contributed by atoms with Gasteiger partial charge in [-0.3, -0.25) is 0 Å². The summed E-state index contributed by atoms with van der Waals surface area (Å²) in [6, 6.07) is 19.7. The normalized spacial score (nSPS) is 13.9. The summed E-state index contributed by atoms with van der Waals surface area (Å²) < 4.78 is 7.01. The average Bonchev–Trinajstić information content (AvgIpc) is 3.14. The number of carbonyl (C=O) groups excluding carboxylic acids is 1. The van der Waals surface area contributed by atoms with Crippen molar-refractivity contribution < 1.29 is 14.6 Å². The number of hydrogen-bond donors (Lipinski definition) is 1. The Morgan fingerprint density at radius 1 is 1.09 bits per heavy atom. The van der Waals surface area contributed by atoms with Gasteiger partial charge in [0.15, 0.2) is 11.3 Å². The number of aliphatic hydroxyl groups is 1. The zero-order chi connectivity index (χ0) is 22.2. The van der Waals surface area contributed by atoms with Gasteiger partial charge in [0.2, 0.25) is 0 Å². The van der Waals surface area contributed by atoms with Crippen molar-refractivity contribution in [1.82, 2.24) is 14.8 Å². The van der Waals surface area contributed by atoms with E-state index in [0.717, 1.165) is 33.6 Å². The molecule has 0 aliphatic carbocycles. The first-order valence-electron chi connectivity index (χ1n) is 10.7. The predicted octanol–water partition coefficient (Wildman–Crippen LogP) is 3.75. The van der Waals surface area contributed by atoms with Crippen LogP contribution in [0.5, 0.6) is 0 Å². The van der Waals surface area contributed by atoms with Crippen LogP contribution in [0.2, 0.25) is 0 Å². The summed E-state index contributed by atoms with van der Waals surface area (Å²) in [6.07, 6.45) is -0.256. The molecule has 0 radical (unpaired) electrons. The second-order valence-electron chi connectivity index (χ2n) is 7.91. The Bertz CT molecular complexity index is 1280. The molecule has 0 amide bonds. The van der Waals surface area contributed by atoms with Gasteiger partial charge in [0, 0.05) is 18.8 Å². The Morgan fingerprint density at radius 3 is 2.47 bits per heavy atom. The van der Waals surface area contributed by atoms with Gasteiger partial charge in [-0.2, -0.15) is 5.10 Å². The van der Waals surface area contributed by atoms with E-state index in [1.54, 1.807) is 17.7 Å². The van der Waals surface area contributed by atoms with Gasteiger partial charge in [0.25, 0.3) is 0 Å². The molecule has 162 valence electrons. The van der Waals surface area contributed by atoms with E-state index < -0.39 is 5.97 Å². The number of β-amino-alcohol motifs (C(OH)–C–C–N with tert-alkyl or cyclic N) is 1. The highest BCUT2D eigenvalue weighted by molar-refractivity contribution is 6.00.